The van der Waals surface area contributed by atoms with E-state index in [4.69, 9.17) is 4.74 Å². The largest absolute Gasteiger partial charge is 0.466 e. The second-order valence-electron chi connectivity index (χ2n) is 21.7. The van der Waals surface area contributed by atoms with Crippen molar-refractivity contribution in [3.8, 4) is 0 Å². The van der Waals surface area contributed by atoms with E-state index in [0.717, 1.165) is 38.5 Å². The van der Waals surface area contributed by atoms with E-state index in [1.54, 1.807) is 0 Å². The summed E-state index contributed by atoms with van der Waals surface area (Å²) in [5.41, 5.74) is 0. The van der Waals surface area contributed by atoms with Gasteiger partial charge in [-0.25, -0.2) is 0 Å². The van der Waals surface area contributed by atoms with Crippen LogP contribution in [0.4, 0.5) is 0 Å². The van der Waals surface area contributed by atoms with Gasteiger partial charge in [-0.05, 0) is 51.4 Å². The van der Waals surface area contributed by atoms with Gasteiger partial charge in [0.25, 0.3) is 0 Å². The lowest BCUT2D eigenvalue weighted by Gasteiger charge is -2.22. The molecule has 0 bridgehead atoms. The molecule has 0 aliphatic rings. The number of aliphatic hydroxyl groups excluding tert-OH is 2. The number of hydrogen-bond donors (Lipinski definition) is 3. The molecular formula is C63H123NO5. The molecule has 6 heteroatoms. The molecule has 410 valence electrons. The highest BCUT2D eigenvalue weighted by Crippen LogP contribution is 2.18. The van der Waals surface area contributed by atoms with Gasteiger partial charge in [0.15, 0.2) is 0 Å². The summed E-state index contributed by atoms with van der Waals surface area (Å²) in [7, 11) is 0. The number of nitrogens with one attached hydrogen (secondary N) is 1. The molecule has 0 aliphatic carbocycles. The van der Waals surface area contributed by atoms with Gasteiger partial charge in [0.2, 0.25) is 5.91 Å². The van der Waals surface area contributed by atoms with Crippen LogP contribution in [-0.4, -0.2) is 47.4 Å². The van der Waals surface area contributed by atoms with E-state index in [-0.39, 0.29) is 18.5 Å². The summed E-state index contributed by atoms with van der Waals surface area (Å²) in [5, 5.41) is 23.2. The van der Waals surface area contributed by atoms with E-state index in [1.807, 2.05) is 0 Å². The first kappa shape index (κ1) is 67.6. The molecule has 0 saturated carbocycles. The molecule has 0 rings (SSSR count). The summed E-state index contributed by atoms with van der Waals surface area (Å²) >= 11 is 0. The number of allylic oxidation sites excluding steroid dienone is 2. The topological polar surface area (TPSA) is 95.9 Å². The lowest BCUT2D eigenvalue weighted by atomic mass is 10.0. The number of rotatable bonds is 59. The monoisotopic (exact) mass is 974 g/mol. The van der Waals surface area contributed by atoms with E-state index in [1.165, 1.54) is 283 Å². The van der Waals surface area contributed by atoms with Gasteiger partial charge in [-0.3, -0.25) is 9.59 Å². The third kappa shape index (κ3) is 55.8. The molecule has 1 amide bonds. The predicted molar refractivity (Wildman–Crippen MR) is 301 cm³/mol. The van der Waals surface area contributed by atoms with Crippen LogP contribution >= 0.6 is 0 Å². The molecule has 2 atom stereocenters. The lowest BCUT2D eigenvalue weighted by molar-refractivity contribution is -0.143. The van der Waals surface area contributed by atoms with Gasteiger partial charge >= 0.3 is 5.97 Å². The zero-order chi connectivity index (χ0) is 50.0. The van der Waals surface area contributed by atoms with Crippen LogP contribution in [0.15, 0.2) is 12.2 Å². The number of carbonyl (C=O) groups is 2. The number of unbranched alkanes of at least 4 members (excludes halogenated alkanes) is 46. The maximum absolute atomic E-state index is 12.5. The first-order valence-electron chi connectivity index (χ1n) is 31.4. The summed E-state index contributed by atoms with van der Waals surface area (Å²) in [6.07, 6.45) is 70.9. The first-order valence-corrected chi connectivity index (χ1v) is 31.4. The van der Waals surface area contributed by atoms with E-state index in [0.29, 0.717) is 25.9 Å². The summed E-state index contributed by atoms with van der Waals surface area (Å²) in [4.78, 5) is 24.5. The van der Waals surface area contributed by atoms with Crippen LogP contribution in [0.25, 0.3) is 0 Å². The van der Waals surface area contributed by atoms with Crippen LogP contribution in [0.5, 0.6) is 0 Å². The number of ether oxygens (including phenoxy) is 1. The highest BCUT2D eigenvalue weighted by atomic mass is 16.5. The number of amides is 1. The van der Waals surface area contributed by atoms with Crippen LogP contribution in [0, 0.1) is 0 Å². The molecule has 0 saturated heterocycles. The molecule has 0 aliphatic heterocycles. The average molecular weight is 975 g/mol. The smallest absolute Gasteiger partial charge is 0.305 e. The Morgan fingerprint density at radius 2 is 0.681 bits per heavy atom. The summed E-state index contributed by atoms with van der Waals surface area (Å²) in [5.74, 6) is -0.0185. The molecule has 0 aromatic carbocycles. The number of aliphatic hydroxyl groups is 2. The predicted octanol–water partition coefficient (Wildman–Crippen LogP) is 19.6. The van der Waals surface area contributed by atoms with Gasteiger partial charge < -0.3 is 20.3 Å². The third-order valence-corrected chi connectivity index (χ3v) is 14.8. The molecule has 6 nitrogen and oxygen atoms in total. The quantitative estimate of drug-likeness (QED) is 0.0321. The summed E-state index contributed by atoms with van der Waals surface area (Å²) in [6, 6.07) is -0.541. The number of carbonyl (C=O) groups excluding carboxylic acids is 2. The van der Waals surface area contributed by atoms with E-state index in [9.17, 15) is 19.8 Å². The minimum absolute atomic E-state index is 0.0171. The van der Waals surface area contributed by atoms with Crippen LogP contribution in [0.3, 0.4) is 0 Å². The van der Waals surface area contributed by atoms with Crippen molar-refractivity contribution in [2.45, 2.75) is 366 Å². The highest BCUT2D eigenvalue weighted by Gasteiger charge is 2.20. The Hall–Kier alpha value is -1.40. The minimum atomic E-state index is -0.663. The molecule has 69 heavy (non-hydrogen) atoms. The van der Waals surface area contributed by atoms with Crippen LogP contribution in [0.1, 0.15) is 354 Å². The van der Waals surface area contributed by atoms with Crippen LogP contribution in [-0.2, 0) is 14.3 Å². The fraction of sp³-hybridized carbons (Fsp3) is 0.937. The summed E-state index contributed by atoms with van der Waals surface area (Å²) < 4.78 is 5.49. The molecule has 0 spiro atoms. The van der Waals surface area contributed by atoms with Crippen LogP contribution < -0.4 is 5.32 Å². The molecule has 0 heterocycles. The number of hydrogen-bond acceptors (Lipinski definition) is 5. The summed E-state index contributed by atoms with van der Waals surface area (Å²) in [6.45, 7) is 4.97. The van der Waals surface area contributed by atoms with E-state index < -0.39 is 12.1 Å². The normalized spacial score (nSPS) is 12.6. The molecule has 0 aromatic rings. The van der Waals surface area contributed by atoms with Crippen molar-refractivity contribution in [3.05, 3.63) is 12.2 Å². The van der Waals surface area contributed by atoms with Gasteiger partial charge in [-0.1, -0.05) is 302 Å². The van der Waals surface area contributed by atoms with E-state index in [2.05, 4.69) is 31.3 Å². The Morgan fingerprint density at radius 3 is 1.03 bits per heavy atom. The molecular weight excluding hydrogens is 851 g/mol. The van der Waals surface area contributed by atoms with Crippen molar-refractivity contribution >= 4 is 11.9 Å². The van der Waals surface area contributed by atoms with Gasteiger partial charge in [-0.2, -0.15) is 0 Å². The minimum Gasteiger partial charge on any atom is -0.466 e. The fourth-order valence-corrected chi connectivity index (χ4v) is 9.99. The second kappa shape index (κ2) is 59.2. The average Bonchev–Trinajstić information content (AvgIpc) is 3.35. The Labute approximate surface area is 431 Å². The molecule has 3 N–H and O–H groups in total. The van der Waals surface area contributed by atoms with Crippen molar-refractivity contribution < 1.29 is 24.5 Å². The Balaban J connectivity index is 3.36. The molecule has 0 fully saturated rings. The second-order valence-corrected chi connectivity index (χ2v) is 21.7. The Morgan fingerprint density at radius 1 is 0.391 bits per heavy atom. The van der Waals surface area contributed by atoms with Crippen molar-refractivity contribution in [2.24, 2.45) is 0 Å². The zero-order valence-corrected chi connectivity index (χ0v) is 46.8. The fourth-order valence-electron chi connectivity index (χ4n) is 9.99. The SMILES string of the molecule is CCCCCCCCCCCCCCCCC(=O)OCCCCCCCCCCCCCC/C=C\CCCCCCCCCCCCC(=O)NC(CO)C(O)CCCCCCCCCCCCCC. The highest BCUT2D eigenvalue weighted by molar-refractivity contribution is 5.76. The van der Waals surface area contributed by atoms with Crippen molar-refractivity contribution in [1.82, 2.24) is 5.32 Å². The van der Waals surface area contributed by atoms with Gasteiger partial charge in [0.1, 0.15) is 0 Å². The molecule has 0 aromatic heterocycles. The van der Waals surface area contributed by atoms with Crippen molar-refractivity contribution in [3.63, 3.8) is 0 Å². The standard InChI is InChI=1S/C63H123NO5/c1-3-5-7-9-11-13-15-17-33-37-41-45-49-53-57-63(68)69-58-54-50-46-42-38-34-31-29-27-25-23-21-19-18-20-22-24-26-28-30-32-36-40-44-48-52-56-62(67)64-60(59-65)61(66)55-51-47-43-39-35-16-14-12-10-8-6-4-2/h18,20,60-61,65-66H,3-17,19,21-59H2,1-2H3,(H,64,67)/b20-18-. The zero-order valence-electron chi connectivity index (χ0n) is 46.8. The van der Waals surface area contributed by atoms with Gasteiger partial charge in [0, 0.05) is 12.8 Å². The molecule has 2 unspecified atom stereocenters. The number of esters is 1. The molecule has 0 radical (unpaired) electrons. The third-order valence-electron chi connectivity index (χ3n) is 14.8. The van der Waals surface area contributed by atoms with Gasteiger partial charge in [-0.15, -0.1) is 0 Å². The van der Waals surface area contributed by atoms with E-state index >= 15 is 0 Å². The first-order chi connectivity index (χ1) is 34.0. The maximum atomic E-state index is 12.5. The lowest BCUT2D eigenvalue weighted by Crippen LogP contribution is -2.45. The Kier molecular flexibility index (Phi) is 58.0. The van der Waals surface area contributed by atoms with Crippen molar-refractivity contribution in [1.29, 1.82) is 0 Å². The maximum Gasteiger partial charge on any atom is 0.305 e. The van der Waals surface area contributed by atoms with Crippen molar-refractivity contribution in [2.75, 3.05) is 13.2 Å². The van der Waals surface area contributed by atoms with Crippen LogP contribution in [0.2, 0.25) is 0 Å². The Bertz CT molecular complexity index is 1030. The van der Waals surface area contributed by atoms with Gasteiger partial charge in [0.05, 0.1) is 25.4 Å².